The van der Waals surface area contributed by atoms with E-state index in [4.69, 9.17) is 5.73 Å². The molecule has 3 aromatic rings. The molecule has 0 aliphatic carbocycles. The van der Waals surface area contributed by atoms with Gasteiger partial charge in [-0.05, 0) is 41.0 Å². The number of primary amides is 1. The lowest BCUT2D eigenvalue weighted by Gasteiger charge is -2.36. The van der Waals surface area contributed by atoms with Crippen molar-refractivity contribution < 1.29 is 40.6 Å². The van der Waals surface area contributed by atoms with Gasteiger partial charge in [-0.3, -0.25) is 0 Å². The zero-order chi connectivity index (χ0) is 25.0. The number of carbonyl (C=O) groups is 1. The van der Waals surface area contributed by atoms with Gasteiger partial charge in [0.2, 0.25) is 0 Å². The van der Waals surface area contributed by atoms with Crippen molar-refractivity contribution in [2.75, 3.05) is 0 Å². The second-order valence-electron chi connectivity index (χ2n) is 7.21. The second-order valence-corrected chi connectivity index (χ2v) is 7.21. The minimum atomic E-state index is -4.99. The molecule has 0 radical (unpaired) electrons. The van der Waals surface area contributed by atoms with Crippen LogP contribution in [0.3, 0.4) is 0 Å². The van der Waals surface area contributed by atoms with Gasteiger partial charge in [0.05, 0.1) is 5.54 Å². The molecule has 5 nitrogen and oxygen atoms in total. The Bertz CT molecular complexity index is 1070. The summed E-state index contributed by atoms with van der Waals surface area (Å²) < 4.78 is 85.0. The number of ether oxygens (including phenoxy) is 2. The average molecular weight is 484 g/mol. The minimum Gasteiger partial charge on any atom is -0.406 e. The normalized spacial score (nSPS) is 12.2. The van der Waals surface area contributed by atoms with Gasteiger partial charge in [0.15, 0.2) is 0 Å². The van der Waals surface area contributed by atoms with Gasteiger partial charge in [-0.1, -0.05) is 54.6 Å². The molecule has 180 valence electrons. The van der Waals surface area contributed by atoms with Crippen LogP contribution in [-0.2, 0) is 12.0 Å². The minimum absolute atomic E-state index is 0.0677. The number of alkyl halides is 6. The summed E-state index contributed by atoms with van der Waals surface area (Å²) in [6.07, 6.45) is -10.0. The summed E-state index contributed by atoms with van der Waals surface area (Å²) >= 11 is 0. The summed E-state index contributed by atoms with van der Waals surface area (Å²) in [6.45, 7) is 0. The number of carbonyl (C=O) groups excluding carboxylic acids is 1. The van der Waals surface area contributed by atoms with Crippen LogP contribution < -0.4 is 20.5 Å². The van der Waals surface area contributed by atoms with E-state index in [9.17, 15) is 31.1 Å². The van der Waals surface area contributed by atoms with E-state index in [1.165, 1.54) is 24.3 Å². The van der Waals surface area contributed by atoms with E-state index in [0.29, 0.717) is 5.56 Å². The highest BCUT2D eigenvalue weighted by molar-refractivity contribution is 5.74. The Morgan fingerprint density at radius 1 is 0.735 bits per heavy atom. The zero-order valence-corrected chi connectivity index (χ0v) is 17.3. The molecule has 0 aliphatic heterocycles. The fourth-order valence-corrected chi connectivity index (χ4v) is 3.59. The van der Waals surface area contributed by atoms with Gasteiger partial charge in [0.25, 0.3) is 0 Å². The number of urea groups is 1. The molecule has 3 aromatic carbocycles. The third-order valence-corrected chi connectivity index (χ3v) is 4.77. The third-order valence-electron chi connectivity index (χ3n) is 4.77. The lowest BCUT2D eigenvalue weighted by atomic mass is 9.77. The van der Waals surface area contributed by atoms with E-state index in [-0.39, 0.29) is 17.5 Å². The maximum atomic E-state index is 12.8. The van der Waals surface area contributed by atoms with Crippen molar-refractivity contribution in [1.29, 1.82) is 0 Å². The van der Waals surface area contributed by atoms with Crippen molar-refractivity contribution in [3.05, 3.63) is 95.6 Å². The highest BCUT2D eigenvalue weighted by atomic mass is 19.4. The van der Waals surface area contributed by atoms with Crippen molar-refractivity contribution in [3.63, 3.8) is 0 Å². The van der Waals surface area contributed by atoms with Crippen molar-refractivity contribution in [1.82, 2.24) is 5.32 Å². The first-order chi connectivity index (χ1) is 15.9. The van der Waals surface area contributed by atoms with Gasteiger partial charge in [-0.25, -0.2) is 4.79 Å². The highest BCUT2D eigenvalue weighted by Gasteiger charge is 2.39. The molecule has 2 amide bonds. The van der Waals surface area contributed by atoms with Gasteiger partial charge in [-0.15, -0.1) is 26.3 Å². The summed E-state index contributed by atoms with van der Waals surface area (Å²) in [7, 11) is 0. The van der Waals surface area contributed by atoms with E-state index < -0.39 is 35.8 Å². The molecule has 0 atom stereocenters. The molecule has 0 aliphatic rings. The molecule has 0 spiro atoms. The summed E-state index contributed by atoms with van der Waals surface area (Å²) in [5, 5.41) is 2.52. The lowest BCUT2D eigenvalue weighted by molar-refractivity contribution is -0.275. The van der Waals surface area contributed by atoms with Crippen LogP contribution in [0.2, 0.25) is 0 Å². The van der Waals surface area contributed by atoms with E-state index in [1.54, 1.807) is 30.3 Å². The molecule has 0 unspecified atom stereocenters. The Morgan fingerprint density at radius 3 is 1.62 bits per heavy atom. The number of benzene rings is 3. The number of nitrogens with two attached hydrogens (primary N) is 1. The Balaban J connectivity index is 2.23. The van der Waals surface area contributed by atoms with Crippen LogP contribution in [0.4, 0.5) is 31.1 Å². The van der Waals surface area contributed by atoms with Gasteiger partial charge in [-0.2, -0.15) is 0 Å². The predicted octanol–water partition coefficient (Wildman–Crippen LogP) is 5.64. The fourth-order valence-electron chi connectivity index (χ4n) is 3.59. The maximum absolute atomic E-state index is 12.8. The summed E-state index contributed by atoms with van der Waals surface area (Å²) in [5.74, 6) is -1.17. The quantitative estimate of drug-likeness (QED) is 0.427. The summed E-state index contributed by atoms with van der Waals surface area (Å²) in [4.78, 5) is 12.1. The van der Waals surface area contributed by atoms with E-state index in [0.717, 1.165) is 24.3 Å². The number of amides is 2. The van der Waals surface area contributed by atoms with E-state index >= 15 is 0 Å². The first-order valence-corrected chi connectivity index (χ1v) is 9.70. The monoisotopic (exact) mass is 484 g/mol. The predicted molar refractivity (Wildman–Crippen MR) is 110 cm³/mol. The fraction of sp³-hybridized carbons (Fsp3) is 0.174. The average Bonchev–Trinajstić information content (AvgIpc) is 2.71. The lowest BCUT2D eigenvalue weighted by Crippen LogP contribution is -2.50. The second kappa shape index (κ2) is 9.54. The Labute approximate surface area is 190 Å². The third kappa shape index (κ3) is 6.56. The Kier molecular flexibility index (Phi) is 6.94. The van der Waals surface area contributed by atoms with Gasteiger partial charge < -0.3 is 20.5 Å². The number of hydrogen-bond donors (Lipinski definition) is 2. The number of halogens is 6. The first-order valence-electron chi connectivity index (χ1n) is 9.70. The van der Waals surface area contributed by atoms with Crippen LogP contribution in [-0.4, -0.2) is 18.8 Å². The highest BCUT2D eigenvalue weighted by Crippen LogP contribution is 2.38. The van der Waals surface area contributed by atoms with Crippen LogP contribution in [0.5, 0.6) is 11.5 Å². The van der Waals surface area contributed by atoms with Crippen molar-refractivity contribution in [3.8, 4) is 11.5 Å². The maximum Gasteiger partial charge on any atom is 0.573 e. The first kappa shape index (κ1) is 24.7. The molecule has 0 aromatic heterocycles. The topological polar surface area (TPSA) is 73.6 Å². The van der Waals surface area contributed by atoms with Gasteiger partial charge >= 0.3 is 18.8 Å². The van der Waals surface area contributed by atoms with Crippen molar-refractivity contribution in [2.24, 2.45) is 5.73 Å². The van der Waals surface area contributed by atoms with Crippen LogP contribution in [0, 0.1) is 0 Å². The van der Waals surface area contributed by atoms with E-state index in [1.807, 2.05) is 0 Å². The molecule has 3 rings (SSSR count). The summed E-state index contributed by atoms with van der Waals surface area (Å²) in [5.41, 5.74) is 4.52. The zero-order valence-electron chi connectivity index (χ0n) is 17.3. The van der Waals surface area contributed by atoms with Crippen LogP contribution >= 0.6 is 0 Å². The molecular formula is C23H18F6N2O3. The molecular weight excluding hydrogens is 466 g/mol. The van der Waals surface area contributed by atoms with E-state index in [2.05, 4.69) is 14.8 Å². The largest absolute Gasteiger partial charge is 0.573 e. The van der Waals surface area contributed by atoms with Crippen LogP contribution in [0.15, 0.2) is 78.9 Å². The SMILES string of the molecule is NC(=O)NC(Cc1ccccc1)(c1cccc(OC(F)(F)F)c1)c1cccc(OC(F)(F)F)c1. The van der Waals surface area contributed by atoms with Crippen LogP contribution in [0.25, 0.3) is 0 Å². The van der Waals surface area contributed by atoms with Crippen molar-refractivity contribution in [2.45, 2.75) is 24.7 Å². The molecule has 0 bridgehead atoms. The van der Waals surface area contributed by atoms with Crippen LogP contribution in [0.1, 0.15) is 16.7 Å². The van der Waals surface area contributed by atoms with Gasteiger partial charge in [0, 0.05) is 6.42 Å². The Hall–Kier alpha value is -3.89. The Morgan fingerprint density at radius 2 is 1.21 bits per heavy atom. The number of hydrogen-bond acceptors (Lipinski definition) is 3. The van der Waals surface area contributed by atoms with Crippen molar-refractivity contribution >= 4 is 6.03 Å². The summed E-state index contributed by atoms with van der Waals surface area (Å²) in [6, 6.07) is 16.9. The molecule has 0 saturated carbocycles. The number of rotatable bonds is 7. The molecule has 0 heterocycles. The molecule has 34 heavy (non-hydrogen) atoms. The molecule has 0 saturated heterocycles. The molecule has 0 fully saturated rings. The van der Waals surface area contributed by atoms with Gasteiger partial charge in [0.1, 0.15) is 11.5 Å². The number of nitrogens with one attached hydrogen (secondary N) is 1. The molecule has 3 N–H and O–H groups in total. The smallest absolute Gasteiger partial charge is 0.406 e. The molecule has 11 heteroatoms. The standard InChI is InChI=1S/C23H18F6N2O3/c24-22(25,26)33-18-10-4-8-16(12-18)21(31-20(30)32,14-15-6-2-1-3-7-15)17-9-5-11-19(13-17)34-23(27,28)29/h1-13H,14H2,(H3,30,31,32).